The van der Waals surface area contributed by atoms with Crippen molar-refractivity contribution < 1.29 is 45.7 Å². The van der Waals surface area contributed by atoms with E-state index in [1.54, 1.807) is 17.8 Å². The predicted molar refractivity (Wildman–Crippen MR) is 100 cm³/mol. The van der Waals surface area contributed by atoms with Crippen LogP contribution >= 0.6 is 23.5 Å². The van der Waals surface area contributed by atoms with Gasteiger partial charge in [-0.15, -0.1) is 11.8 Å². The molecule has 0 bridgehead atoms. The molecule has 0 aromatic carbocycles. The molecular formula is C16H16N5NaO3S2. The molecular weight excluding hydrogens is 397 g/mol. The van der Waals surface area contributed by atoms with E-state index >= 15 is 0 Å². The van der Waals surface area contributed by atoms with Crippen molar-refractivity contribution >= 4 is 46.6 Å². The summed E-state index contributed by atoms with van der Waals surface area (Å²) in [4.78, 5) is 31.6. The van der Waals surface area contributed by atoms with Gasteiger partial charge in [-0.1, -0.05) is 11.8 Å². The van der Waals surface area contributed by atoms with Crippen molar-refractivity contribution in [1.82, 2.24) is 19.6 Å². The predicted octanol–water partition coefficient (Wildman–Crippen LogP) is -1.86. The third-order valence-corrected chi connectivity index (χ3v) is 6.83. The molecule has 5 heterocycles. The summed E-state index contributed by atoms with van der Waals surface area (Å²) in [7, 11) is 0. The first kappa shape index (κ1) is 19.1. The van der Waals surface area contributed by atoms with Gasteiger partial charge in [0.2, 0.25) is 0 Å². The summed E-state index contributed by atoms with van der Waals surface area (Å²) < 4.78 is 1.98. The van der Waals surface area contributed by atoms with Crippen molar-refractivity contribution in [2.24, 2.45) is 4.99 Å². The van der Waals surface area contributed by atoms with Gasteiger partial charge >= 0.3 is 35.5 Å². The topological polar surface area (TPSA) is 91.0 Å². The van der Waals surface area contributed by atoms with Gasteiger partial charge in [-0.25, -0.2) is 4.79 Å². The van der Waals surface area contributed by atoms with Crippen molar-refractivity contribution in [2.45, 2.75) is 18.5 Å². The van der Waals surface area contributed by atoms with E-state index in [-0.39, 0.29) is 48.0 Å². The van der Waals surface area contributed by atoms with Crippen LogP contribution in [0.4, 0.5) is 0 Å². The Bertz CT molecular complexity index is 931. The number of hydrogen-bond acceptors (Lipinski definition) is 7. The Labute approximate surface area is 187 Å². The number of rotatable bonds is 2. The second-order valence-electron chi connectivity index (χ2n) is 6.29. The third kappa shape index (κ3) is 3.17. The molecule has 1 unspecified atom stereocenters. The maximum Gasteiger partial charge on any atom is 1.00 e. The molecule has 1 atom stereocenters. The minimum absolute atomic E-state index is 0. The molecule has 0 radical (unpaired) electrons. The Kier molecular flexibility index (Phi) is 5.19. The van der Waals surface area contributed by atoms with Gasteiger partial charge in [-0.05, 0) is 12.1 Å². The fourth-order valence-corrected chi connectivity index (χ4v) is 5.47. The number of aromatic nitrogens is 2. The first-order valence-electron chi connectivity index (χ1n) is 8.25. The minimum atomic E-state index is -1.07. The maximum atomic E-state index is 12.3. The molecule has 0 spiro atoms. The zero-order valence-corrected chi connectivity index (χ0v) is 18.3. The van der Waals surface area contributed by atoms with E-state index < -0.39 is 5.97 Å². The summed E-state index contributed by atoms with van der Waals surface area (Å²) in [5.41, 5.74) is 2.50. The Balaban J connectivity index is 0.00000112. The van der Waals surface area contributed by atoms with Crippen LogP contribution in [0.25, 0.3) is 6.08 Å². The largest absolute Gasteiger partial charge is 1.00 e. The van der Waals surface area contributed by atoms with Gasteiger partial charge < -0.3 is 11.4 Å². The Morgan fingerprint density at radius 2 is 2.26 bits per heavy atom. The number of aliphatic carboxylic acids is 1. The molecule has 11 heteroatoms. The van der Waals surface area contributed by atoms with E-state index in [2.05, 4.69) is 15.0 Å². The van der Waals surface area contributed by atoms with Crippen LogP contribution in [0.2, 0.25) is 0 Å². The number of carbonyl (C=O) groups excluding carboxylic acids is 1. The molecule has 0 saturated carbocycles. The van der Waals surface area contributed by atoms with E-state index in [1.165, 1.54) is 22.1 Å². The molecule has 0 aliphatic carbocycles. The number of carboxylic acid groups (broad SMARTS) is 1. The van der Waals surface area contributed by atoms with E-state index in [0.717, 1.165) is 48.5 Å². The summed E-state index contributed by atoms with van der Waals surface area (Å²) in [5, 5.41) is 16.1. The van der Waals surface area contributed by atoms with Gasteiger partial charge in [0.05, 0.1) is 36.6 Å². The van der Waals surface area contributed by atoms with Crippen LogP contribution in [0.1, 0.15) is 12.8 Å². The molecule has 5 rings (SSSR count). The molecule has 4 aliphatic rings. The molecule has 1 aromatic heterocycles. The monoisotopic (exact) mass is 413 g/mol. The van der Waals surface area contributed by atoms with Crippen LogP contribution in [0, 0.1) is 0 Å². The molecule has 8 nitrogen and oxygen atoms in total. The molecule has 1 N–H and O–H groups in total. The van der Waals surface area contributed by atoms with Crippen LogP contribution in [-0.2, 0) is 22.7 Å². The molecule has 1 aromatic rings. The summed E-state index contributed by atoms with van der Waals surface area (Å²) in [6, 6.07) is 2.00. The van der Waals surface area contributed by atoms with E-state index in [1.807, 2.05) is 10.7 Å². The van der Waals surface area contributed by atoms with Gasteiger partial charge in [-0.2, -0.15) is 5.10 Å². The van der Waals surface area contributed by atoms with Crippen LogP contribution in [0.15, 0.2) is 27.7 Å². The fraction of sp³-hybridized carbons (Fsp3) is 0.375. The number of fused-ring (bicyclic) bond motifs is 2. The van der Waals surface area contributed by atoms with Crippen molar-refractivity contribution in [3.8, 4) is 0 Å². The number of aliphatic imine (C=N–C) groups is 1. The van der Waals surface area contributed by atoms with Crippen molar-refractivity contribution in [3.63, 3.8) is 0 Å². The molecule has 1 fully saturated rings. The molecule has 1 amide bonds. The number of carboxylic acids is 1. The van der Waals surface area contributed by atoms with Crippen molar-refractivity contribution in [2.75, 3.05) is 18.8 Å². The summed E-state index contributed by atoms with van der Waals surface area (Å²) in [6.07, 6.45) is 1.78. The number of amidine groups is 1. The standard InChI is InChI=1S/C16H15N5O3S2.Na.H/c22-13-11(14-21(13)12(8-26-14)15(23)24)6-9-5-10-7-19(2-3-20(10)18-9)16-17-1-4-25-16;;/h5-6,8,14H,1-4,7H2,(H,23,24);;/q;+1;-1. The number of amides is 1. The van der Waals surface area contributed by atoms with Gasteiger partial charge in [0.1, 0.15) is 11.1 Å². The quantitative estimate of drug-likeness (QED) is 0.346. The second kappa shape index (κ2) is 7.32. The van der Waals surface area contributed by atoms with Crippen LogP contribution in [0.5, 0.6) is 0 Å². The summed E-state index contributed by atoms with van der Waals surface area (Å²) in [5.74, 6) is -0.275. The average Bonchev–Trinajstić information content (AvgIpc) is 3.35. The molecule has 1 saturated heterocycles. The zero-order valence-electron chi connectivity index (χ0n) is 15.7. The van der Waals surface area contributed by atoms with Gasteiger partial charge in [0, 0.05) is 17.7 Å². The zero-order chi connectivity index (χ0) is 17.8. The number of thioether (sulfide) groups is 2. The van der Waals surface area contributed by atoms with Crippen LogP contribution in [0.3, 0.4) is 0 Å². The van der Waals surface area contributed by atoms with E-state index in [4.69, 9.17) is 5.11 Å². The third-order valence-electron chi connectivity index (χ3n) is 4.71. The van der Waals surface area contributed by atoms with E-state index in [0.29, 0.717) is 5.57 Å². The normalized spacial score (nSPS) is 24.8. The maximum absolute atomic E-state index is 12.3. The SMILES string of the molecule is O=C(O)C1=CSC2C(=Cc3cc4n(n3)CCN(C3=NCCS3)C4)C(=O)N12.[H-].[Na+]. The first-order chi connectivity index (χ1) is 12.6. The number of β-lactam (4-membered cyclic amide) rings is 1. The average molecular weight is 413 g/mol. The number of nitrogens with zero attached hydrogens (tertiary/aromatic N) is 5. The van der Waals surface area contributed by atoms with Crippen molar-refractivity contribution in [3.05, 3.63) is 34.1 Å². The molecule has 4 aliphatic heterocycles. The van der Waals surface area contributed by atoms with Crippen LogP contribution in [-0.4, -0.2) is 65.9 Å². The van der Waals surface area contributed by atoms with E-state index in [9.17, 15) is 9.59 Å². The van der Waals surface area contributed by atoms with Gasteiger partial charge in [-0.3, -0.25) is 19.4 Å². The summed E-state index contributed by atoms with van der Waals surface area (Å²) >= 11 is 3.14. The van der Waals surface area contributed by atoms with Crippen molar-refractivity contribution in [1.29, 1.82) is 0 Å². The first-order valence-corrected chi connectivity index (χ1v) is 10.2. The fourth-order valence-electron chi connectivity index (χ4n) is 3.46. The Morgan fingerprint density at radius 1 is 1.41 bits per heavy atom. The Morgan fingerprint density at radius 3 is 3.00 bits per heavy atom. The second-order valence-corrected chi connectivity index (χ2v) is 8.31. The Hall–Kier alpha value is -1.20. The summed E-state index contributed by atoms with van der Waals surface area (Å²) in [6.45, 7) is 3.33. The minimum Gasteiger partial charge on any atom is -1.00 e. The number of hydrogen-bond donors (Lipinski definition) is 1. The molecule has 136 valence electrons. The smallest absolute Gasteiger partial charge is 1.00 e. The molecule has 27 heavy (non-hydrogen) atoms. The van der Waals surface area contributed by atoms with Gasteiger partial charge in [0.25, 0.3) is 5.91 Å². The van der Waals surface area contributed by atoms with Crippen LogP contribution < -0.4 is 29.6 Å². The number of carbonyl (C=O) groups is 2. The van der Waals surface area contributed by atoms with Gasteiger partial charge in [0.15, 0.2) is 5.17 Å².